The van der Waals surface area contributed by atoms with E-state index in [4.69, 9.17) is 0 Å². The van der Waals surface area contributed by atoms with Crippen molar-refractivity contribution in [2.24, 2.45) is 0 Å². The molecular weight excluding hydrogens is 214 g/mol. The van der Waals surface area contributed by atoms with Crippen molar-refractivity contribution in [2.75, 3.05) is 0 Å². The lowest BCUT2D eigenvalue weighted by atomic mass is 10.1. The van der Waals surface area contributed by atoms with Gasteiger partial charge in [-0.2, -0.15) is 0 Å². The van der Waals surface area contributed by atoms with Gasteiger partial charge in [0.15, 0.2) is 0 Å². The van der Waals surface area contributed by atoms with Gasteiger partial charge >= 0.3 is 0 Å². The van der Waals surface area contributed by atoms with Crippen LogP contribution in [0.3, 0.4) is 0 Å². The normalized spacial score (nSPS) is 11.8. The maximum atomic E-state index is 3.46. The summed E-state index contributed by atoms with van der Waals surface area (Å²) in [4.78, 5) is 3.46. The van der Waals surface area contributed by atoms with E-state index >= 15 is 0 Å². The summed E-state index contributed by atoms with van der Waals surface area (Å²) in [5.74, 6) is 0. The van der Waals surface area contributed by atoms with Gasteiger partial charge in [-0.15, -0.1) is 11.3 Å². The summed E-state index contributed by atoms with van der Waals surface area (Å²) < 4.78 is 1.36. The number of hydrogen-bond acceptors (Lipinski definition) is 1. The van der Waals surface area contributed by atoms with Crippen LogP contribution in [0.4, 0.5) is 0 Å². The molecule has 0 unspecified atom stereocenters. The Labute approximate surface area is 96.3 Å². The molecule has 0 saturated heterocycles. The fraction of sp³-hybridized carbons (Fsp3) is 0. The molecule has 76 valence electrons. The molecule has 0 spiro atoms. The smallest absolute Gasteiger partial charge is 0.0471 e. The molecule has 2 aromatic carbocycles. The quantitative estimate of drug-likeness (QED) is 0.450. The van der Waals surface area contributed by atoms with E-state index < -0.39 is 0 Å². The largest absolute Gasteiger partial charge is 0.354 e. The van der Waals surface area contributed by atoms with E-state index in [-0.39, 0.29) is 0 Å². The molecule has 16 heavy (non-hydrogen) atoms. The summed E-state index contributed by atoms with van der Waals surface area (Å²) in [5.41, 5.74) is 2.45. The molecule has 0 bridgehead atoms. The van der Waals surface area contributed by atoms with Crippen LogP contribution in [0, 0.1) is 0 Å². The van der Waals surface area contributed by atoms with Gasteiger partial charge in [0.05, 0.1) is 0 Å². The average Bonchev–Trinajstić information content (AvgIpc) is 2.91. The third-order valence-electron chi connectivity index (χ3n) is 3.10. The topological polar surface area (TPSA) is 15.8 Å². The first kappa shape index (κ1) is 8.36. The van der Waals surface area contributed by atoms with E-state index in [1.165, 1.54) is 31.9 Å². The van der Waals surface area contributed by atoms with Gasteiger partial charge in [-0.05, 0) is 29.6 Å². The molecule has 0 aliphatic rings. The second kappa shape index (κ2) is 2.86. The van der Waals surface area contributed by atoms with Crippen molar-refractivity contribution in [1.29, 1.82) is 0 Å². The Kier molecular flexibility index (Phi) is 1.50. The number of nitrogens with one attached hydrogen (secondary N) is 1. The van der Waals surface area contributed by atoms with E-state index in [9.17, 15) is 0 Å². The highest BCUT2D eigenvalue weighted by Crippen LogP contribution is 2.34. The highest BCUT2D eigenvalue weighted by Gasteiger charge is 2.07. The van der Waals surface area contributed by atoms with E-state index in [1.54, 1.807) is 11.3 Å². The molecular formula is C14H9NS. The third-order valence-corrected chi connectivity index (χ3v) is 3.98. The van der Waals surface area contributed by atoms with Gasteiger partial charge in [0.25, 0.3) is 0 Å². The van der Waals surface area contributed by atoms with Crippen LogP contribution in [0.2, 0.25) is 0 Å². The van der Waals surface area contributed by atoms with Gasteiger partial charge in [-0.1, -0.05) is 18.2 Å². The number of rotatable bonds is 0. The molecule has 4 rings (SSSR count). The molecule has 2 heteroatoms. The Morgan fingerprint density at radius 3 is 2.75 bits per heavy atom. The Morgan fingerprint density at radius 1 is 0.812 bits per heavy atom. The first-order chi connectivity index (χ1) is 7.93. The summed E-state index contributed by atoms with van der Waals surface area (Å²) in [6, 6.07) is 15.1. The van der Waals surface area contributed by atoms with E-state index in [0.29, 0.717) is 0 Å². The SMILES string of the molecule is c1ccc2c(c1)[nH]c1ccc3sccc3c12. The van der Waals surface area contributed by atoms with Crippen LogP contribution < -0.4 is 0 Å². The van der Waals surface area contributed by atoms with Crippen molar-refractivity contribution in [1.82, 2.24) is 4.98 Å². The molecule has 0 atom stereocenters. The number of hydrogen-bond donors (Lipinski definition) is 1. The number of aromatic amines is 1. The highest BCUT2D eigenvalue weighted by molar-refractivity contribution is 7.17. The van der Waals surface area contributed by atoms with Gasteiger partial charge in [0.1, 0.15) is 0 Å². The minimum atomic E-state index is 1.22. The van der Waals surface area contributed by atoms with Gasteiger partial charge < -0.3 is 4.98 Å². The van der Waals surface area contributed by atoms with Crippen LogP contribution in [-0.4, -0.2) is 4.98 Å². The van der Waals surface area contributed by atoms with Crippen LogP contribution in [0.25, 0.3) is 31.9 Å². The monoisotopic (exact) mass is 223 g/mol. The Morgan fingerprint density at radius 2 is 1.75 bits per heavy atom. The molecule has 0 fully saturated rings. The number of fused-ring (bicyclic) bond motifs is 5. The summed E-state index contributed by atoms with van der Waals surface area (Å²) in [5, 5.41) is 6.20. The first-order valence-corrected chi connectivity index (χ1v) is 6.18. The second-order valence-electron chi connectivity index (χ2n) is 3.99. The van der Waals surface area contributed by atoms with Gasteiger partial charge in [0, 0.05) is 31.9 Å². The number of H-pyrrole nitrogens is 1. The maximum Gasteiger partial charge on any atom is 0.0471 e. The lowest BCUT2D eigenvalue weighted by Gasteiger charge is -1.93. The van der Waals surface area contributed by atoms with Crippen molar-refractivity contribution in [3.8, 4) is 0 Å². The van der Waals surface area contributed by atoms with Crippen LogP contribution in [-0.2, 0) is 0 Å². The van der Waals surface area contributed by atoms with Crippen LogP contribution in [0.15, 0.2) is 47.8 Å². The van der Waals surface area contributed by atoms with Crippen LogP contribution >= 0.6 is 11.3 Å². The summed E-state index contributed by atoms with van der Waals surface area (Å²) in [6.45, 7) is 0. The molecule has 2 heterocycles. The fourth-order valence-electron chi connectivity index (χ4n) is 2.39. The van der Waals surface area contributed by atoms with Crippen molar-refractivity contribution >= 4 is 43.2 Å². The minimum absolute atomic E-state index is 1.22. The van der Waals surface area contributed by atoms with Crippen LogP contribution in [0.1, 0.15) is 0 Å². The van der Waals surface area contributed by atoms with Gasteiger partial charge in [-0.3, -0.25) is 0 Å². The van der Waals surface area contributed by atoms with Crippen molar-refractivity contribution in [3.63, 3.8) is 0 Å². The molecule has 1 nitrogen and oxygen atoms in total. The van der Waals surface area contributed by atoms with E-state index in [2.05, 4.69) is 52.8 Å². The summed E-state index contributed by atoms with van der Waals surface area (Å²) in [6.07, 6.45) is 0. The first-order valence-electron chi connectivity index (χ1n) is 5.30. The molecule has 0 radical (unpaired) electrons. The summed E-state index contributed by atoms with van der Waals surface area (Å²) >= 11 is 1.80. The second-order valence-corrected chi connectivity index (χ2v) is 4.94. The molecule has 0 aliphatic carbocycles. The number of aromatic nitrogens is 1. The third kappa shape index (κ3) is 0.947. The van der Waals surface area contributed by atoms with Gasteiger partial charge in [0.2, 0.25) is 0 Å². The number of benzene rings is 2. The molecule has 2 aromatic heterocycles. The molecule has 1 N–H and O–H groups in total. The minimum Gasteiger partial charge on any atom is -0.354 e. The van der Waals surface area contributed by atoms with Crippen molar-refractivity contribution in [2.45, 2.75) is 0 Å². The fourth-order valence-corrected chi connectivity index (χ4v) is 3.19. The van der Waals surface area contributed by atoms with Crippen molar-refractivity contribution < 1.29 is 0 Å². The maximum absolute atomic E-state index is 3.46. The molecule has 0 amide bonds. The summed E-state index contributed by atoms with van der Waals surface area (Å²) in [7, 11) is 0. The highest BCUT2D eigenvalue weighted by atomic mass is 32.1. The Bertz CT molecular complexity index is 807. The van der Waals surface area contributed by atoms with E-state index in [0.717, 1.165) is 0 Å². The molecule has 0 aliphatic heterocycles. The number of para-hydroxylation sites is 1. The zero-order valence-electron chi connectivity index (χ0n) is 8.53. The molecule has 0 saturated carbocycles. The van der Waals surface area contributed by atoms with E-state index in [1.807, 2.05) is 0 Å². The Balaban J connectivity index is 2.42. The molecule has 4 aromatic rings. The predicted octanol–water partition coefficient (Wildman–Crippen LogP) is 4.54. The zero-order chi connectivity index (χ0) is 10.5. The van der Waals surface area contributed by atoms with Gasteiger partial charge in [-0.25, -0.2) is 0 Å². The lowest BCUT2D eigenvalue weighted by Crippen LogP contribution is -1.67. The lowest BCUT2D eigenvalue weighted by molar-refractivity contribution is 1.55. The zero-order valence-corrected chi connectivity index (χ0v) is 9.34. The van der Waals surface area contributed by atoms with Crippen LogP contribution in [0.5, 0.6) is 0 Å². The average molecular weight is 223 g/mol. The predicted molar refractivity (Wildman–Crippen MR) is 71.2 cm³/mol. The Hall–Kier alpha value is -1.80. The number of thiophene rings is 1. The standard InChI is InChI=1S/C14H9NS/c1-2-4-11-9(3-1)14-10-7-8-16-13(10)6-5-12(14)15-11/h1-8,15H. The van der Waals surface area contributed by atoms with Crippen molar-refractivity contribution in [3.05, 3.63) is 47.8 Å².